The number of pyridine rings is 1. The molecule has 1 aromatic heterocycles. The van der Waals surface area contributed by atoms with Gasteiger partial charge in [-0.2, -0.15) is 5.26 Å². The zero-order valence-corrected chi connectivity index (χ0v) is 15.9. The molecule has 1 heterocycles. The van der Waals surface area contributed by atoms with E-state index in [1.54, 1.807) is 6.92 Å². The Morgan fingerprint density at radius 3 is 2.48 bits per heavy atom. The smallest absolute Gasteiger partial charge is 0.341 e. The van der Waals surface area contributed by atoms with Gasteiger partial charge in [-0.3, -0.25) is 4.79 Å². The standard InChI is InChI=1S/C21H14ClFN2O4/c1-2-25-18(29-15-7-5-14(23)6-8-15)10-17(26)19(21(27)28)20(25)12-3-4-13(11-24)16(22)9-12/h3-10H,2H2,1H3,(H,27,28). The molecule has 2 aromatic carbocycles. The van der Waals surface area contributed by atoms with E-state index in [1.165, 1.54) is 47.0 Å². The van der Waals surface area contributed by atoms with Gasteiger partial charge < -0.3 is 14.4 Å². The molecule has 0 saturated carbocycles. The molecule has 0 radical (unpaired) electrons. The molecule has 0 saturated heterocycles. The first-order valence-electron chi connectivity index (χ1n) is 8.50. The summed E-state index contributed by atoms with van der Waals surface area (Å²) < 4.78 is 20.4. The average molecular weight is 413 g/mol. The monoisotopic (exact) mass is 412 g/mol. The summed E-state index contributed by atoms with van der Waals surface area (Å²) in [6.45, 7) is 2.02. The molecule has 0 spiro atoms. The molecule has 3 rings (SSSR count). The minimum atomic E-state index is -1.40. The van der Waals surface area contributed by atoms with E-state index in [1.807, 2.05) is 6.07 Å². The SMILES string of the molecule is CCn1c(Oc2ccc(F)cc2)cc(=O)c(C(=O)O)c1-c1ccc(C#N)c(Cl)c1. The van der Waals surface area contributed by atoms with Crippen molar-refractivity contribution < 1.29 is 19.0 Å². The number of nitriles is 1. The van der Waals surface area contributed by atoms with Crippen molar-refractivity contribution in [1.82, 2.24) is 4.57 Å². The average Bonchev–Trinajstić information content (AvgIpc) is 2.68. The number of aromatic carboxylic acids is 1. The Morgan fingerprint density at radius 2 is 1.93 bits per heavy atom. The predicted octanol–water partition coefficient (Wildman–Crippen LogP) is 4.69. The van der Waals surface area contributed by atoms with Crippen LogP contribution in [0.25, 0.3) is 11.3 Å². The quantitative estimate of drug-likeness (QED) is 0.656. The lowest BCUT2D eigenvalue weighted by Crippen LogP contribution is -2.21. The van der Waals surface area contributed by atoms with Crippen LogP contribution in [0.1, 0.15) is 22.8 Å². The van der Waals surface area contributed by atoms with E-state index in [4.69, 9.17) is 21.6 Å². The summed E-state index contributed by atoms with van der Waals surface area (Å²) in [5.41, 5.74) is -0.545. The Hall–Kier alpha value is -3.63. The van der Waals surface area contributed by atoms with Crippen molar-refractivity contribution in [2.75, 3.05) is 0 Å². The molecule has 0 aliphatic rings. The van der Waals surface area contributed by atoms with Crippen molar-refractivity contribution in [3.05, 3.63) is 80.7 Å². The summed E-state index contributed by atoms with van der Waals surface area (Å²) in [6.07, 6.45) is 0. The van der Waals surface area contributed by atoms with Crippen LogP contribution < -0.4 is 10.2 Å². The topological polar surface area (TPSA) is 92.3 Å². The van der Waals surface area contributed by atoms with E-state index in [9.17, 15) is 19.1 Å². The van der Waals surface area contributed by atoms with Gasteiger partial charge in [0.1, 0.15) is 23.2 Å². The Balaban J connectivity index is 2.27. The van der Waals surface area contributed by atoms with E-state index in [2.05, 4.69) is 0 Å². The van der Waals surface area contributed by atoms with Crippen molar-refractivity contribution in [2.24, 2.45) is 0 Å². The van der Waals surface area contributed by atoms with Gasteiger partial charge in [-0.05, 0) is 43.3 Å². The second-order valence-corrected chi connectivity index (χ2v) is 6.39. The van der Waals surface area contributed by atoms with Crippen molar-refractivity contribution in [3.8, 4) is 29.0 Å². The summed E-state index contributed by atoms with van der Waals surface area (Å²) in [4.78, 5) is 24.4. The number of rotatable bonds is 5. The third-order valence-corrected chi connectivity index (χ3v) is 4.52. The molecule has 0 atom stereocenters. The highest BCUT2D eigenvalue weighted by atomic mass is 35.5. The second kappa shape index (κ2) is 8.17. The lowest BCUT2D eigenvalue weighted by atomic mass is 10.0. The summed E-state index contributed by atoms with van der Waals surface area (Å²) in [7, 11) is 0. The number of hydrogen-bond donors (Lipinski definition) is 1. The molecule has 6 nitrogen and oxygen atoms in total. The summed E-state index contributed by atoms with van der Waals surface area (Å²) in [5.74, 6) is -1.48. The molecule has 0 unspecified atom stereocenters. The summed E-state index contributed by atoms with van der Waals surface area (Å²) in [6, 6.07) is 12.6. The minimum absolute atomic E-state index is 0.0876. The third kappa shape index (κ3) is 3.98. The molecule has 8 heteroatoms. The Morgan fingerprint density at radius 1 is 1.24 bits per heavy atom. The fourth-order valence-electron chi connectivity index (χ4n) is 2.91. The summed E-state index contributed by atoms with van der Waals surface area (Å²) in [5, 5.41) is 18.8. The van der Waals surface area contributed by atoms with E-state index in [0.29, 0.717) is 5.56 Å². The maximum absolute atomic E-state index is 13.2. The van der Waals surface area contributed by atoms with Crippen LogP contribution in [0, 0.1) is 17.1 Å². The lowest BCUT2D eigenvalue weighted by molar-refractivity contribution is 0.0695. The Bertz CT molecular complexity index is 1200. The fourth-order valence-corrected chi connectivity index (χ4v) is 3.13. The zero-order valence-electron chi connectivity index (χ0n) is 15.1. The van der Waals surface area contributed by atoms with Crippen LogP contribution in [0.3, 0.4) is 0 Å². The first-order chi connectivity index (χ1) is 13.8. The number of aromatic nitrogens is 1. The van der Waals surface area contributed by atoms with E-state index < -0.39 is 22.8 Å². The molecule has 0 bridgehead atoms. The first kappa shape index (κ1) is 20.1. The highest BCUT2D eigenvalue weighted by molar-refractivity contribution is 6.32. The highest BCUT2D eigenvalue weighted by Gasteiger charge is 2.23. The molecule has 0 amide bonds. The lowest BCUT2D eigenvalue weighted by Gasteiger charge is -2.19. The molecular weight excluding hydrogens is 399 g/mol. The zero-order chi connectivity index (χ0) is 21.1. The molecule has 0 fully saturated rings. The maximum atomic E-state index is 13.2. The van der Waals surface area contributed by atoms with Crippen molar-refractivity contribution in [1.29, 1.82) is 5.26 Å². The van der Waals surface area contributed by atoms with Crippen molar-refractivity contribution >= 4 is 17.6 Å². The van der Waals surface area contributed by atoms with Gasteiger partial charge in [-0.15, -0.1) is 0 Å². The van der Waals surface area contributed by atoms with Crippen molar-refractivity contribution in [3.63, 3.8) is 0 Å². The van der Waals surface area contributed by atoms with Crippen LogP contribution in [-0.2, 0) is 6.54 Å². The molecular formula is C21H14ClFN2O4. The number of hydrogen-bond acceptors (Lipinski definition) is 4. The highest BCUT2D eigenvalue weighted by Crippen LogP contribution is 2.31. The van der Waals surface area contributed by atoms with Gasteiger partial charge in [-0.25, -0.2) is 9.18 Å². The van der Waals surface area contributed by atoms with Crippen LogP contribution in [0.5, 0.6) is 11.6 Å². The van der Waals surface area contributed by atoms with E-state index in [-0.39, 0.29) is 34.5 Å². The minimum Gasteiger partial charge on any atom is -0.477 e. The van der Waals surface area contributed by atoms with Gasteiger partial charge in [0.2, 0.25) is 11.3 Å². The van der Waals surface area contributed by atoms with Gasteiger partial charge in [-0.1, -0.05) is 17.7 Å². The first-order valence-corrected chi connectivity index (χ1v) is 8.88. The molecule has 1 N–H and O–H groups in total. The third-order valence-electron chi connectivity index (χ3n) is 4.20. The Kier molecular flexibility index (Phi) is 5.66. The number of nitrogens with zero attached hydrogens (tertiary/aromatic N) is 2. The predicted molar refractivity (Wildman–Crippen MR) is 105 cm³/mol. The van der Waals surface area contributed by atoms with Crippen LogP contribution in [0.15, 0.2) is 53.3 Å². The number of carboxylic acids is 1. The number of carboxylic acid groups (broad SMARTS) is 1. The second-order valence-electron chi connectivity index (χ2n) is 5.98. The number of halogens is 2. The van der Waals surface area contributed by atoms with Gasteiger partial charge in [0.15, 0.2) is 0 Å². The number of ether oxygens (including phenoxy) is 1. The summed E-state index contributed by atoms with van der Waals surface area (Å²) >= 11 is 6.11. The maximum Gasteiger partial charge on any atom is 0.341 e. The molecule has 0 aliphatic carbocycles. The number of benzene rings is 2. The van der Waals surface area contributed by atoms with E-state index >= 15 is 0 Å². The Labute approximate surface area is 170 Å². The largest absolute Gasteiger partial charge is 0.477 e. The van der Waals surface area contributed by atoms with E-state index in [0.717, 1.165) is 6.07 Å². The van der Waals surface area contributed by atoms with Crippen LogP contribution in [0.2, 0.25) is 5.02 Å². The van der Waals surface area contributed by atoms with Gasteiger partial charge in [0, 0.05) is 18.2 Å². The molecule has 146 valence electrons. The fraction of sp³-hybridized carbons (Fsp3) is 0.0952. The van der Waals surface area contributed by atoms with Crippen LogP contribution in [-0.4, -0.2) is 15.6 Å². The van der Waals surface area contributed by atoms with Crippen LogP contribution in [0.4, 0.5) is 4.39 Å². The molecule has 29 heavy (non-hydrogen) atoms. The normalized spacial score (nSPS) is 10.4. The van der Waals surface area contributed by atoms with Crippen molar-refractivity contribution in [2.45, 2.75) is 13.5 Å². The van der Waals surface area contributed by atoms with Gasteiger partial charge >= 0.3 is 5.97 Å². The molecule has 0 aliphatic heterocycles. The van der Waals surface area contributed by atoms with Gasteiger partial charge in [0.25, 0.3) is 0 Å². The number of carbonyl (C=O) groups is 1. The van der Waals surface area contributed by atoms with Crippen LogP contribution >= 0.6 is 11.6 Å². The van der Waals surface area contributed by atoms with Gasteiger partial charge in [0.05, 0.1) is 16.3 Å². The molecule has 3 aromatic rings.